The maximum Gasteiger partial charge on any atom is 0.323 e. The van der Waals surface area contributed by atoms with Crippen LogP contribution in [0.25, 0.3) is 0 Å². The maximum absolute atomic E-state index is 12.1. The molecule has 0 aliphatic carbocycles. The van der Waals surface area contributed by atoms with Gasteiger partial charge in [0.15, 0.2) is 0 Å². The van der Waals surface area contributed by atoms with E-state index in [4.69, 9.17) is 10.4 Å². The van der Waals surface area contributed by atoms with Gasteiger partial charge >= 0.3 is 12.0 Å². The van der Waals surface area contributed by atoms with E-state index < -0.39 is 12.0 Å². The number of amides is 2. The highest BCUT2D eigenvalue weighted by molar-refractivity contribution is 5.80. The molecule has 0 saturated heterocycles. The molecule has 112 valence electrons. The Bertz CT molecular complexity index is 534. The number of carbonyl (C=O) groups excluding carboxylic acids is 1. The molecule has 0 heterocycles. The number of benzene rings is 1. The molecule has 0 saturated carbocycles. The SMILES string of the molecule is CCC(C)N(CC(=O)O)C(=O)NCc1ccc(C#N)cc1. The molecule has 6 heteroatoms. The van der Waals surface area contributed by atoms with E-state index in [1.54, 1.807) is 24.3 Å². The highest BCUT2D eigenvalue weighted by Gasteiger charge is 2.21. The first-order chi connectivity index (χ1) is 9.97. The Kier molecular flexibility index (Phi) is 6.21. The van der Waals surface area contributed by atoms with Gasteiger partial charge in [0.05, 0.1) is 11.6 Å². The van der Waals surface area contributed by atoms with Gasteiger partial charge in [-0.25, -0.2) is 4.79 Å². The predicted octanol–water partition coefficient (Wildman–Crippen LogP) is 1.95. The van der Waals surface area contributed by atoms with Gasteiger partial charge in [0, 0.05) is 12.6 Å². The second kappa shape index (κ2) is 7.90. The third-order valence-corrected chi connectivity index (χ3v) is 3.22. The Morgan fingerprint density at radius 2 is 2.00 bits per heavy atom. The molecule has 0 fully saturated rings. The lowest BCUT2D eigenvalue weighted by Crippen LogP contribution is -2.47. The van der Waals surface area contributed by atoms with Gasteiger partial charge in [-0.1, -0.05) is 19.1 Å². The second-order valence-electron chi connectivity index (χ2n) is 4.75. The van der Waals surface area contributed by atoms with Crippen molar-refractivity contribution in [2.75, 3.05) is 6.54 Å². The van der Waals surface area contributed by atoms with Crippen molar-refractivity contribution < 1.29 is 14.7 Å². The largest absolute Gasteiger partial charge is 0.480 e. The minimum absolute atomic E-state index is 0.151. The molecule has 1 aromatic carbocycles. The van der Waals surface area contributed by atoms with E-state index in [2.05, 4.69) is 5.32 Å². The zero-order chi connectivity index (χ0) is 15.8. The van der Waals surface area contributed by atoms with Gasteiger partial charge in [-0.3, -0.25) is 4.79 Å². The summed E-state index contributed by atoms with van der Waals surface area (Å²) in [4.78, 5) is 24.2. The van der Waals surface area contributed by atoms with E-state index in [0.29, 0.717) is 12.0 Å². The Balaban J connectivity index is 2.64. The lowest BCUT2D eigenvalue weighted by atomic mass is 10.1. The van der Waals surface area contributed by atoms with Crippen LogP contribution in [0.15, 0.2) is 24.3 Å². The molecule has 2 N–H and O–H groups in total. The van der Waals surface area contributed by atoms with E-state index >= 15 is 0 Å². The van der Waals surface area contributed by atoms with Crippen LogP contribution in [0.1, 0.15) is 31.4 Å². The fourth-order valence-corrected chi connectivity index (χ4v) is 1.77. The van der Waals surface area contributed by atoms with E-state index in [1.165, 1.54) is 4.90 Å². The van der Waals surface area contributed by atoms with E-state index in [9.17, 15) is 9.59 Å². The summed E-state index contributed by atoms with van der Waals surface area (Å²) in [6, 6.07) is 8.31. The number of carboxylic acid groups (broad SMARTS) is 1. The van der Waals surface area contributed by atoms with Crippen LogP contribution in [-0.4, -0.2) is 34.6 Å². The molecule has 2 amide bonds. The summed E-state index contributed by atoms with van der Waals surface area (Å²) in [5.74, 6) is -1.04. The number of nitrogens with one attached hydrogen (secondary N) is 1. The van der Waals surface area contributed by atoms with Crippen molar-refractivity contribution in [1.82, 2.24) is 10.2 Å². The molecule has 0 aliphatic heterocycles. The van der Waals surface area contributed by atoms with Crippen LogP contribution < -0.4 is 5.32 Å². The number of aliphatic carboxylic acids is 1. The number of urea groups is 1. The van der Waals surface area contributed by atoms with Crippen LogP contribution >= 0.6 is 0 Å². The standard InChI is InChI=1S/C15H19N3O3/c1-3-11(2)18(10-14(19)20)15(21)17-9-13-6-4-12(8-16)5-7-13/h4-7,11H,3,9-10H2,1-2H3,(H,17,21)(H,19,20). The summed E-state index contributed by atoms with van der Waals surface area (Å²) in [6.07, 6.45) is 0.678. The van der Waals surface area contributed by atoms with Crippen molar-refractivity contribution in [1.29, 1.82) is 5.26 Å². The number of nitrogens with zero attached hydrogens (tertiary/aromatic N) is 2. The fourth-order valence-electron chi connectivity index (χ4n) is 1.77. The molecule has 1 unspecified atom stereocenters. The predicted molar refractivity (Wildman–Crippen MR) is 77.5 cm³/mol. The Morgan fingerprint density at radius 1 is 1.38 bits per heavy atom. The Hall–Kier alpha value is -2.55. The van der Waals surface area contributed by atoms with Crippen molar-refractivity contribution in [2.24, 2.45) is 0 Å². The van der Waals surface area contributed by atoms with Crippen LogP contribution in [0.4, 0.5) is 4.79 Å². The highest BCUT2D eigenvalue weighted by Crippen LogP contribution is 2.06. The van der Waals surface area contributed by atoms with E-state index in [-0.39, 0.29) is 19.1 Å². The van der Waals surface area contributed by atoms with Crippen molar-refractivity contribution in [2.45, 2.75) is 32.9 Å². The van der Waals surface area contributed by atoms with Gasteiger partial charge in [-0.2, -0.15) is 5.26 Å². The topological polar surface area (TPSA) is 93.4 Å². The fraction of sp³-hybridized carbons (Fsp3) is 0.400. The number of hydrogen-bond donors (Lipinski definition) is 2. The van der Waals surface area contributed by atoms with Crippen LogP contribution in [0.3, 0.4) is 0 Å². The number of carboxylic acids is 1. The third kappa shape index (κ3) is 5.15. The average Bonchev–Trinajstić information content (AvgIpc) is 2.49. The summed E-state index contributed by atoms with van der Waals surface area (Å²) in [5, 5.41) is 20.3. The van der Waals surface area contributed by atoms with Crippen LogP contribution in [0.5, 0.6) is 0 Å². The molecule has 0 bridgehead atoms. The van der Waals surface area contributed by atoms with Gasteiger partial charge in [0.2, 0.25) is 0 Å². The summed E-state index contributed by atoms with van der Waals surface area (Å²) in [7, 11) is 0. The summed E-state index contributed by atoms with van der Waals surface area (Å²) in [6.45, 7) is 3.67. The molecule has 1 atom stereocenters. The molecule has 0 aromatic heterocycles. The first kappa shape index (κ1) is 16.5. The van der Waals surface area contributed by atoms with Gasteiger partial charge in [-0.05, 0) is 31.0 Å². The normalized spacial score (nSPS) is 11.3. The number of carbonyl (C=O) groups is 2. The minimum Gasteiger partial charge on any atom is -0.480 e. The average molecular weight is 289 g/mol. The summed E-state index contributed by atoms with van der Waals surface area (Å²) < 4.78 is 0. The van der Waals surface area contributed by atoms with Crippen molar-refractivity contribution >= 4 is 12.0 Å². The molecule has 1 rings (SSSR count). The molecule has 21 heavy (non-hydrogen) atoms. The molecule has 1 aromatic rings. The van der Waals surface area contributed by atoms with Gasteiger partial charge in [0.25, 0.3) is 0 Å². The zero-order valence-corrected chi connectivity index (χ0v) is 12.2. The maximum atomic E-state index is 12.1. The van der Waals surface area contributed by atoms with Crippen molar-refractivity contribution in [3.8, 4) is 6.07 Å². The lowest BCUT2D eigenvalue weighted by Gasteiger charge is -2.27. The molecular formula is C15H19N3O3. The van der Waals surface area contributed by atoms with Crippen molar-refractivity contribution in [3.63, 3.8) is 0 Å². The smallest absolute Gasteiger partial charge is 0.323 e. The minimum atomic E-state index is -1.04. The third-order valence-electron chi connectivity index (χ3n) is 3.22. The Morgan fingerprint density at radius 3 is 2.48 bits per heavy atom. The van der Waals surface area contributed by atoms with Crippen molar-refractivity contribution in [3.05, 3.63) is 35.4 Å². The number of hydrogen-bond acceptors (Lipinski definition) is 3. The molecule has 0 aliphatic rings. The van der Waals surface area contributed by atoms with Crippen LogP contribution in [-0.2, 0) is 11.3 Å². The van der Waals surface area contributed by atoms with Gasteiger partial charge in [-0.15, -0.1) is 0 Å². The monoisotopic (exact) mass is 289 g/mol. The summed E-state index contributed by atoms with van der Waals surface area (Å²) >= 11 is 0. The molecular weight excluding hydrogens is 270 g/mol. The molecule has 0 radical (unpaired) electrons. The molecule has 6 nitrogen and oxygen atoms in total. The summed E-state index contributed by atoms with van der Waals surface area (Å²) in [5.41, 5.74) is 1.40. The van der Waals surface area contributed by atoms with Crippen LogP contribution in [0, 0.1) is 11.3 Å². The first-order valence-electron chi connectivity index (χ1n) is 6.73. The lowest BCUT2D eigenvalue weighted by molar-refractivity contribution is -0.138. The van der Waals surface area contributed by atoms with E-state index in [0.717, 1.165) is 5.56 Å². The van der Waals surface area contributed by atoms with Gasteiger partial charge < -0.3 is 15.3 Å². The quantitative estimate of drug-likeness (QED) is 0.837. The van der Waals surface area contributed by atoms with E-state index in [1.807, 2.05) is 19.9 Å². The number of rotatable bonds is 6. The Labute approximate surface area is 124 Å². The second-order valence-corrected chi connectivity index (χ2v) is 4.75. The molecule has 0 spiro atoms. The highest BCUT2D eigenvalue weighted by atomic mass is 16.4. The van der Waals surface area contributed by atoms with Crippen LogP contribution in [0.2, 0.25) is 0 Å². The number of nitriles is 1. The zero-order valence-electron chi connectivity index (χ0n) is 12.2. The van der Waals surface area contributed by atoms with Gasteiger partial charge in [0.1, 0.15) is 6.54 Å². The first-order valence-corrected chi connectivity index (χ1v) is 6.73.